The normalized spacial score (nSPS) is 10.3. The molecule has 0 aliphatic carbocycles. The zero-order valence-electron chi connectivity index (χ0n) is 8.98. The van der Waals surface area contributed by atoms with Gasteiger partial charge >= 0.3 is 5.97 Å². The molecule has 2 aromatic rings. The highest BCUT2D eigenvalue weighted by Crippen LogP contribution is 2.26. The summed E-state index contributed by atoms with van der Waals surface area (Å²) in [5.74, 6) is -1.21. The molecule has 0 amide bonds. The third-order valence-corrected chi connectivity index (χ3v) is 2.58. The van der Waals surface area contributed by atoms with E-state index in [1.165, 1.54) is 7.11 Å². The van der Waals surface area contributed by atoms with E-state index in [9.17, 15) is 9.18 Å². The average Bonchev–Trinajstić information content (AvgIpc) is 2.80. The highest BCUT2D eigenvalue weighted by Gasteiger charge is 2.17. The lowest BCUT2D eigenvalue weighted by atomic mass is 10.1. The summed E-state index contributed by atoms with van der Waals surface area (Å²) in [4.78, 5) is 11.6. The van der Waals surface area contributed by atoms with Crippen LogP contribution in [0.4, 0.5) is 4.39 Å². The number of hydrogen-bond acceptors (Lipinski definition) is 2. The van der Waals surface area contributed by atoms with Crippen molar-refractivity contribution in [3.8, 4) is 5.69 Å². The molecule has 0 radical (unpaired) electrons. The molecular weight excluding hydrogens is 245 g/mol. The van der Waals surface area contributed by atoms with E-state index in [0.29, 0.717) is 5.69 Å². The Hall–Kier alpha value is -1.81. The molecule has 0 N–H and O–H groups in total. The summed E-state index contributed by atoms with van der Waals surface area (Å²) < 4.78 is 19.5. The molecule has 0 aliphatic heterocycles. The number of aromatic nitrogens is 1. The van der Waals surface area contributed by atoms with Gasteiger partial charge in [-0.1, -0.05) is 11.6 Å². The summed E-state index contributed by atoms with van der Waals surface area (Å²) in [6.07, 6.45) is 3.43. The van der Waals surface area contributed by atoms with E-state index in [2.05, 4.69) is 4.74 Å². The third kappa shape index (κ3) is 2.17. The van der Waals surface area contributed by atoms with Gasteiger partial charge in [-0.15, -0.1) is 0 Å². The van der Waals surface area contributed by atoms with Gasteiger partial charge < -0.3 is 9.30 Å². The molecule has 0 bridgehead atoms. The van der Waals surface area contributed by atoms with Gasteiger partial charge in [-0.3, -0.25) is 0 Å². The van der Waals surface area contributed by atoms with E-state index < -0.39 is 11.8 Å². The SMILES string of the molecule is COC(=O)c1cc(F)cc(Cl)c1-n1cccc1. The second-order valence-electron chi connectivity index (χ2n) is 3.37. The maximum atomic E-state index is 13.2. The van der Waals surface area contributed by atoms with Gasteiger partial charge in [0, 0.05) is 12.4 Å². The number of nitrogens with zero attached hydrogens (tertiary/aromatic N) is 1. The van der Waals surface area contributed by atoms with Crippen LogP contribution in [0.15, 0.2) is 36.7 Å². The van der Waals surface area contributed by atoms with Crippen LogP contribution >= 0.6 is 11.6 Å². The molecule has 3 nitrogen and oxygen atoms in total. The maximum Gasteiger partial charge on any atom is 0.340 e. The van der Waals surface area contributed by atoms with Gasteiger partial charge in [0.2, 0.25) is 0 Å². The molecule has 2 rings (SSSR count). The number of ether oxygens (including phenoxy) is 1. The van der Waals surface area contributed by atoms with Crippen LogP contribution in [0.1, 0.15) is 10.4 Å². The first-order valence-electron chi connectivity index (χ1n) is 4.84. The van der Waals surface area contributed by atoms with Crippen molar-refractivity contribution >= 4 is 17.6 Å². The molecular formula is C12H9ClFNO2. The Bertz CT molecular complexity index is 552. The number of rotatable bonds is 2. The standard InChI is InChI=1S/C12H9ClFNO2/c1-17-12(16)9-6-8(14)7-10(13)11(9)15-4-2-3-5-15/h2-7H,1H3. The molecule has 0 atom stereocenters. The van der Waals surface area contributed by atoms with Crippen molar-refractivity contribution in [3.05, 3.63) is 53.1 Å². The molecule has 1 heterocycles. The van der Waals surface area contributed by atoms with Gasteiger partial charge in [0.15, 0.2) is 0 Å². The van der Waals surface area contributed by atoms with Crippen LogP contribution in [-0.4, -0.2) is 17.6 Å². The number of methoxy groups -OCH3 is 1. The van der Waals surface area contributed by atoms with Crippen LogP contribution in [0.3, 0.4) is 0 Å². The minimum atomic E-state index is -0.630. The summed E-state index contributed by atoms with van der Waals surface area (Å²) in [6.45, 7) is 0. The van der Waals surface area contributed by atoms with Crippen molar-refractivity contribution in [2.75, 3.05) is 7.11 Å². The lowest BCUT2D eigenvalue weighted by molar-refractivity contribution is 0.0600. The summed E-state index contributed by atoms with van der Waals surface area (Å²) in [6, 6.07) is 5.82. The Labute approximate surface area is 102 Å². The highest BCUT2D eigenvalue weighted by atomic mass is 35.5. The molecule has 0 saturated carbocycles. The minimum Gasteiger partial charge on any atom is -0.465 e. The molecule has 0 unspecified atom stereocenters. The molecule has 0 fully saturated rings. The third-order valence-electron chi connectivity index (χ3n) is 2.30. The van der Waals surface area contributed by atoms with Crippen LogP contribution in [-0.2, 0) is 4.74 Å². The summed E-state index contributed by atoms with van der Waals surface area (Å²) in [5.41, 5.74) is 0.499. The number of carbonyl (C=O) groups is 1. The number of halogens is 2. The van der Waals surface area contributed by atoms with E-state index in [-0.39, 0.29) is 10.6 Å². The van der Waals surface area contributed by atoms with Crippen LogP contribution < -0.4 is 0 Å². The van der Waals surface area contributed by atoms with Gasteiger partial charge in [-0.25, -0.2) is 9.18 Å². The Morgan fingerprint density at radius 2 is 2.00 bits per heavy atom. The first-order valence-corrected chi connectivity index (χ1v) is 5.22. The lowest BCUT2D eigenvalue weighted by Gasteiger charge is -2.11. The van der Waals surface area contributed by atoms with E-state index in [1.54, 1.807) is 29.1 Å². The average molecular weight is 254 g/mol. The molecule has 1 aromatic heterocycles. The first-order chi connectivity index (χ1) is 8.13. The summed E-state index contributed by atoms with van der Waals surface area (Å²) >= 11 is 5.96. The van der Waals surface area contributed by atoms with Crippen LogP contribution in [0, 0.1) is 5.82 Å². The fourth-order valence-corrected chi connectivity index (χ4v) is 1.88. The van der Waals surface area contributed by atoms with Gasteiger partial charge in [0.25, 0.3) is 0 Å². The zero-order valence-corrected chi connectivity index (χ0v) is 9.74. The number of carbonyl (C=O) groups excluding carboxylic acids is 1. The molecule has 0 spiro atoms. The van der Waals surface area contributed by atoms with Crippen LogP contribution in [0.25, 0.3) is 5.69 Å². The molecule has 0 aliphatic rings. The Morgan fingerprint density at radius 3 is 2.59 bits per heavy atom. The van der Waals surface area contributed by atoms with Gasteiger partial charge in [0.05, 0.1) is 23.4 Å². The largest absolute Gasteiger partial charge is 0.465 e. The quantitative estimate of drug-likeness (QED) is 0.771. The summed E-state index contributed by atoms with van der Waals surface area (Å²) in [7, 11) is 1.24. The molecule has 0 saturated heterocycles. The minimum absolute atomic E-state index is 0.0914. The maximum absolute atomic E-state index is 13.2. The fraction of sp³-hybridized carbons (Fsp3) is 0.0833. The zero-order chi connectivity index (χ0) is 12.4. The van der Waals surface area contributed by atoms with E-state index in [1.807, 2.05) is 0 Å². The van der Waals surface area contributed by atoms with Crippen LogP contribution in [0.2, 0.25) is 5.02 Å². The number of benzene rings is 1. The van der Waals surface area contributed by atoms with Crippen molar-refractivity contribution in [1.29, 1.82) is 0 Å². The lowest BCUT2D eigenvalue weighted by Crippen LogP contribution is -2.08. The number of hydrogen-bond donors (Lipinski definition) is 0. The molecule has 17 heavy (non-hydrogen) atoms. The molecule has 1 aromatic carbocycles. The first kappa shape index (κ1) is 11.7. The van der Waals surface area contributed by atoms with E-state index in [0.717, 1.165) is 12.1 Å². The van der Waals surface area contributed by atoms with Gasteiger partial charge in [0.1, 0.15) is 5.82 Å². The summed E-state index contributed by atoms with van der Waals surface area (Å²) in [5, 5.41) is 0.154. The van der Waals surface area contributed by atoms with E-state index in [4.69, 9.17) is 11.6 Å². The van der Waals surface area contributed by atoms with Crippen molar-refractivity contribution in [1.82, 2.24) is 4.57 Å². The van der Waals surface area contributed by atoms with E-state index >= 15 is 0 Å². The molecule has 5 heteroatoms. The van der Waals surface area contributed by atoms with Gasteiger partial charge in [-0.05, 0) is 24.3 Å². The van der Waals surface area contributed by atoms with Crippen molar-refractivity contribution in [2.45, 2.75) is 0 Å². The number of esters is 1. The van der Waals surface area contributed by atoms with Gasteiger partial charge in [-0.2, -0.15) is 0 Å². The molecule has 88 valence electrons. The van der Waals surface area contributed by atoms with Crippen molar-refractivity contribution in [2.24, 2.45) is 0 Å². The monoisotopic (exact) mass is 253 g/mol. The Kier molecular flexibility index (Phi) is 3.15. The fourth-order valence-electron chi connectivity index (χ4n) is 1.58. The Morgan fingerprint density at radius 1 is 1.35 bits per heavy atom. The van der Waals surface area contributed by atoms with Crippen LogP contribution in [0.5, 0.6) is 0 Å². The highest BCUT2D eigenvalue weighted by molar-refractivity contribution is 6.33. The Balaban J connectivity index is 2.68. The topological polar surface area (TPSA) is 31.2 Å². The second kappa shape index (κ2) is 4.59. The van der Waals surface area contributed by atoms with Crippen molar-refractivity contribution in [3.63, 3.8) is 0 Å². The van der Waals surface area contributed by atoms with Crippen molar-refractivity contribution < 1.29 is 13.9 Å². The second-order valence-corrected chi connectivity index (χ2v) is 3.77. The predicted molar refractivity (Wildman–Crippen MR) is 62.1 cm³/mol. The predicted octanol–water partition coefficient (Wildman–Crippen LogP) is 3.06. The smallest absolute Gasteiger partial charge is 0.340 e.